The lowest BCUT2D eigenvalue weighted by Crippen LogP contribution is -2.50. The van der Waals surface area contributed by atoms with Gasteiger partial charge in [0.05, 0.1) is 4.90 Å². The number of hydrogen-bond donors (Lipinski definition) is 2. The van der Waals surface area contributed by atoms with Crippen molar-refractivity contribution in [3.63, 3.8) is 0 Å². The molecule has 2 amide bonds. The molecule has 7 nitrogen and oxygen atoms in total. The molecule has 144 valence electrons. The fourth-order valence-electron chi connectivity index (χ4n) is 3.22. The van der Waals surface area contributed by atoms with Crippen molar-refractivity contribution >= 4 is 27.4 Å². The van der Waals surface area contributed by atoms with Gasteiger partial charge in [0.15, 0.2) is 0 Å². The van der Waals surface area contributed by atoms with Crippen molar-refractivity contribution in [2.75, 3.05) is 36.4 Å². The molecule has 0 bridgehead atoms. The van der Waals surface area contributed by atoms with Crippen LogP contribution in [0.3, 0.4) is 0 Å². The minimum Gasteiger partial charge on any atom is -0.368 e. The van der Waals surface area contributed by atoms with Gasteiger partial charge in [-0.15, -0.1) is 0 Å². The van der Waals surface area contributed by atoms with E-state index >= 15 is 0 Å². The van der Waals surface area contributed by atoms with Crippen LogP contribution >= 0.6 is 0 Å². The van der Waals surface area contributed by atoms with Crippen molar-refractivity contribution in [2.24, 2.45) is 5.14 Å². The van der Waals surface area contributed by atoms with E-state index < -0.39 is 10.0 Å². The van der Waals surface area contributed by atoms with E-state index in [1.807, 2.05) is 12.1 Å². The van der Waals surface area contributed by atoms with Gasteiger partial charge in [0.25, 0.3) is 0 Å². The molecule has 2 aromatic carbocycles. The monoisotopic (exact) mass is 388 g/mol. The molecule has 0 saturated carbocycles. The van der Waals surface area contributed by atoms with Gasteiger partial charge >= 0.3 is 6.03 Å². The van der Waals surface area contributed by atoms with Crippen LogP contribution in [0.2, 0.25) is 0 Å². The lowest BCUT2D eigenvalue weighted by atomic mass is 10.1. The maximum absolute atomic E-state index is 12.5. The van der Waals surface area contributed by atoms with Crippen LogP contribution in [0.5, 0.6) is 0 Å². The van der Waals surface area contributed by atoms with E-state index in [4.69, 9.17) is 5.14 Å². The predicted octanol–water partition coefficient (Wildman–Crippen LogP) is 2.25. The van der Waals surface area contributed by atoms with Gasteiger partial charge in [0.1, 0.15) is 0 Å². The average Bonchev–Trinajstić information content (AvgIpc) is 2.67. The number of piperazine rings is 1. The predicted molar refractivity (Wildman–Crippen MR) is 106 cm³/mol. The number of urea groups is 1. The summed E-state index contributed by atoms with van der Waals surface area (Å²) in [6.45, 7) is 4.83. The van der Waals surface area contributed by atoms with Crippen molar-refractivity contribution in [1.29, 1.82) is 0 Å². The van der Waals surface area contributed by atoms with E-state index in [9.17, 15) is 13.2 Å². The Bertz CT molecular complexity index is 922. The molecule has 1 heterocycles. The number of para-hydroxylation sites is 1. The van der Waals surface area contributed by atoms with Crippen LogP contribution in [0.4, 0.5) is 16.2 Å². The number of nitrogens with zero attached hydrogens (tertiary/aromatic N) is 2. The number of nitrogens with one attached hydrogen (secondary N) is 1. The summed E-state index contributed by atoms with van der Waals surface area (Å²) in [6.07, 6.45) is 0.970. The number of primary sulfonamides is 1. The van der Waals surface area contributed by atoms with Crippen LogP contribution in [0.15, 0.2) is 53.4 Å². The Hall–Kier alpha value is -2.58. The fraction of sp³-hybridized carbons (Fsp3) is 0.316. The maximum atomic E-state index is 12.5. The Morgan fingerprint density at radius 3 is 2.44 bits per heavy atom. The second-order valence-corrected chi connectivity index (χ2v) is 8.02. The summed E-state index contributed by atoms with van der Waals surface area (Å²) in [5, 5.41) is 7.89. The Balaban J connectivity index is 1.62. The van der Waals surface area contributed by atoms with Gasteiger partial charge in [-0.1, -0.05) is 31.2 Å². The van der Waals surface area contributed by atoms with Gasteiger partial charge in [0.2, 0.25) is 10.0 Å². The molecule has 8 heteroatoms. The molecule has 3 rings (SSSR count). The van der Waals surface area contributed by atoms with E-state index in [0.29, 0.717) is 18.8 Å². The molecule has 0 atom stereocenters. The first-order valence-corrected chi connectivity index (χ1v) is 10.4. The van der Waals surface area contributed by atoms with E-state index in [1.165, 1.54) is 23.4 Å². The number of nitrogens with two attached hydrogens (primary N) is 1. The zero-order valence-electron chi connectivity index (χ0n) is 15.3. The number of rotatable bonds is 4. The van der Waals surface area contributed by atoms with E-state index in [1.54, 1.807) is 17.0 Å². The molecule has 27 heavy (non-hydrogen) atoms. The molecular formula is C19H24N4O3S. The van der Waals surface area contributed by atoms with Crippen LogP contribution in [0, 0.1) is 0 Å². The van der Waals surface area contributed by atoms with Crippen LogP contribution < -0.4 is 15.4 Å². The van der Waals surface area contributed by atoms with Gasteiger partial charge in [-0.2, -0.15) is 0 Å². The standard InChI is InChI=1S/C19H24N4O3S/c1-2-15-6-3-4-9-18(15)22-10-12-23(13-11-22)19(24)21-16-7-5-8-17(14-16)27(20,25)26/h3-9,14H,2,10-13H2,1H3,(H,21,24)(H2,20,25,26). The number of amides is 2. The average molecular weight is 388 g/mol. The Kier molecular flexibility index (Phi) is 5.67. The summed E-state index contributed by atoms with van der Waals surface area (Å²) in [6, 6.07) is 14.0. The lowest BCUT2D eigenvalue weighted by molar-refractivity contribution is 0.208. The third-order valence-corrected chi connectivity index (χ3v) is 5.60. The Labute approximate surface area is 159 Å². The number of hydrogen-bond acceptors (Lipinski definition) is 4. The van der Waals surface area contributed by atoms with Gasteiger partial charge in [0, 0.05) is 37.6 Å². The third kappa shape index (κ3) is 4.58. The van der Waals surface area contributed by atoms with E-state index in [-0.39, 0.29) is 10.9 Å². The fourth-order valence-corrected chi connectivity index (χ4v) is 3.78. The molecule has 0 aromatic heterocycles. The highest BCUT2D eigenvalue weighted by molar-refractivity contribution is 7.89. The maximum Gasteiger partial charge on any atom is 0.321 e. The van der Waals surface area contributed by atoms with Crippen LogP contribution in [-0.2, 0) is 16.4 Å². The zero-order valence-corrected chi connectivity index (χ0v) is 16.1. The van der Waals surface area contributed by atoms with Crippen molar-refractivity contribution < 1.29 is 13.2 Å². The second kappa shape index (κ2) is 7.98. The van der Waals surface area contributed by atoms with Crippen LogP contribution in [-0.4, -0.2) is 45.5 Å². The molecule has 1 saturated heterocycles. The summed E-state index contributed by atoms with van der Waals surface area (Å²) in [5.41, 5.74) is 2.93. The van der Waals surface area contributed by atoms with Crippen molar-refractivity contribution in [3.05, 3.63) is 54.1 Å². The van der Waals surface area contributed by atoms with Crippen molar-refractivity contribution in [2.45, 2.75) is 18.2 Å². The second-order valence-electron chi connectivity index (χ2n) is 6.46. The lowest BCUT2D eigenvalue weighted by Gasteiger charge is -2.37. The van der Waals surface area contributed by atoms with Crippen LogP contribution in [0.1, 0.15) is 12.5 Å². The molecule has 0 unspecified atom stereocenters. The number of sulfonamides is 1. The number of benzene rings is 2. The molecule has 3 N–H and O–H groups in total. The molecule has 1 fully saturated rings. The van der Waals surface area contributed by atoms with E-state index in [2.05, 4.69) is 29.3 Å². The third-order valence-electron chi connectivity index (χ3n) is 4.69. The van der Waals surface area contributed by atoms with E-state index in [0.717, 1.165) is 19.5 Å². The molecule has 1 aliphatic rings. The van der Waals surface area contributed by atoms with Crippen molar-refractivity contribution in [1.82, 2.24) is 4.90 Å². The summed E-state index contributed by atoms with van der Waals surface area (Å²) in [5.74, 6) is 0. The van der Waals surface area contributed by atoms with Gasteiger partial charge in [-0.05, 0) is 36.2 Å². The number of carbonyl (C=O) groups excluding carboxylic acids is 1. The first-order valence-electron chi connectivity index (χ1n) is 8.90. The minimum absolute atomic E-state index is 0.0266. The largest absolute Gasteiger partial charge is 0.368 e. The highest BCUT2D eigenvalue weighted by atomic mass is 32.2. The Morgan fingerprint density at radius 2 is 1.78 bits per heavy atom. The van der Waals surface area contributed by atoms with Gasteiger partial charge in [-0.25, -0.2) is 18.4 Å². The molecule has 0 spiro atoms. The normalized spacial score (nSPS) is 14.9. The number of aryl methyl sites for hydroxylation is 1. The summed E-state index contributed by atoms with van der Waals surface area (Å²) >= 11 is 0. The summed E-state index contributed by atoms with van der Waals surface area (Å²) in [7, 11) is -3.80. The zero-order chi connectivity index (χ0) is 19.4. The molecule has 2 aromatic rings. The molecule has 0 aliphatic carbocycles. The Morgan fingerprint density at radius 1 is 1.07 bits per heavy atom. The highest BCUT2D eigenvalue weighted by Gasteiger charge is 2.22. The summed E-state index contributed by atoms with van der Waals surface area (Å²) in [4.78, 5) is 16.5. The molecule has 0 radical (unpaired) electrons. The number of anilines is 2. The van der Waals surface area contributed by atoms with Gasteiger partial charge in [-0.3, -0.25) is 0 Å². The van der Waals surface area contributed by atoms with Crippen molar-refractivity contribution in [3.8, 4) is 0 Å². The quantitative estimate of drug-likeness (QED) is 0.840. The SMILES string of the molecule is CCc1ccccc1N1CCN(C(=O)Nc2cccc(S(N)(=O)=O)c2)CC1. The highest BCUT2D eigenvalue weighted by Crippen LogP contribution is 2.22. The minimum atomic E-state index is -3.80. The first-order chi connectivity index (χ1) is 12.9. The topological polar surface area (TPSA) is 95.7 Å². The van der Waals surface area contributed by atoms with Crippen LogP contribution in [0.25, 0.3) is 0 Å². The molecular weight excluding hydrogens is 364 g/mol. The first kappa shape index (κ1) is 19.2. The van der Waals surface area contributed by atoms with Gasteiger partial charge < -0.3 is 15.1 Å². The molecule has 1 aliphatic heterocycles. The smallest absolute Gasteiger partial charge is 0.321 e. The number of carbonyl (C=O) groups is 1. The summed E-state index contributed by atoms with van der Waals surface area (Å²) < 4.78 is 22.9.